The number of hydrogen-bond donors (Lipinski definition) is 0. The van der Waals surface area contributed by atoms with E-state index in [2.05, 4.69) is 4.98 Å². The van der Waals surface area contributed by atoms with Crippen molar-refractivity contribution in [2.45, 2.75) is 19.6 Å². The smallest absolute Gasteiger partial charge is 0.295 e. The number of hydrogen-bond acceptors (Lipinski definition) is 2. The number of aromatic nitrogens is 2. The summed E-state index contributed by atoms with van der Waals surface area (Å²) >= 11 is 0. The van der Waals surface area contributed by atoms with Gasteiger partial charge in [0.1, 0.15) is 5.82 Å². The van der Waals surface area contributed by atoms with E-state index < -0.39 is 6.55 Å². The number of nitrogens with zero attached hydrogens (tertiary/aromatic N) is 3. The van der Waals surface area contributed by atoms with E-state index in [9.17, 15) is 8.78 Å². The Labute approximate surface area is 127 Å². The van der Waals surface area contributed by atoms with Crippen LogP contribution in [-0.2, 0) is 13.1 Å². The molecule has 114 valence electrons. The van der Waals surface area contributed by atoms with Crippen LogP contribution in [0.1, 0.15) is 17.9 Å². The molecule has 1 aromatic heterocycles. The first-order valence-electron chi connectivity index (χ1n) is 7.11. The Bertz CT molecular complexity index is 753. The molecule has 3 rings (SSSR count). The number of imidazole rings is 1. The molecule has 0 aliphatic heterocycles. The largest absolute Gasteiger partial charge is 0.320 e. The van der Waals surface area contributed by atoms with Gasteiger partial charge in [0.05, 0.1) is 17.6 Å². The van der Waals surface area contributed by atoms with Crippen molar-refractivity contribution in [1.29, 1.82) is 0 Å². The molecule has 0 N–H and O–H groups in total. The van der Waals surface area contributed by atoms with Gasteiger partial charge in [0.15, 0.2) is 0 Å². The first-order chi connectivity index (χ1) is 10.6. The Balaban J connectivity index is 1.85. The van der Waals surface area contributed by atoms with Crippen molar-refractivity contribution in [2.75, 3.05) is 7.05 Å². The zero-order valence-electron chi connectivity index (χ0n) is 12.3. The highest BCUT2D eigenvalue weighted by Gasteiger charge is 2.18. The summed E-state index contributed by atoms with van der Waals surface area (Å²) in [6.45, 7) is -1.53. The van der Waals surface area contributed by atoms with Crippen LogP contribution in [0.2, 0.25) is 0 Å². The fourth-order valence-electron chi connectivity index (χ4n) is 2.62. The Morgan fingerprint density at radius 1 is 1.00 bits per heavy atom. The molecule has 0 radical (unpaired) electrons. The van der Waals surface area contributed by atoms with Gasteiger partial charge in [0.2, 0.25) is 0 Å². The molecule has 22 heavy (non-hydrogen) atoms. The molecular weight excluding hydrogens is 284 g/mol. The summed E-state index contributed by atoms with van der Waals surface area (Å²) in [5.41, 5.74) is 2.22. The molecule has 0 spiro atoms. The first-order valence-corrected chi connectivity index (χ1v) is 7.11. The van der Waals surface area contributed by atoms with E-state index in [1.165, 1.54) is 0 Å². The van der Waals surface area contributed by atoms with Gasteiger partial charge in [0, 0.05) is 6.54 Å². The van der Waals surface area contributed by atoms with Crippen LogP contribution in [0.25, 0.3) is 11.0 Å². The normalized spacial score (nSPS) is 11.7. The summed E-state index contributed by atoms with van der Waals surface area (Å²) < 4.78 is 27.8. The molecule has 0 fully saturated rings. The van der Waals surface area contributed by atoms with Crippen molar-refractivity contribution in [1.82, 2.24) is 14.5 Å². The molecule has 3 aromatic rings. The third-order valence-electron chi connectivity index (χ3n) is 3.57. The second kappa shape index (κ2) is 6.23. The Kier molecular flexibility index (Phi) is 4.15. The van der Waals surface area contributed by atoms with E-state index in [4.69, 9.17) is 0 Å². The van der Waals surface area contributed by atoms with Crippen LogP contribution in [-0.4, -0.2) is 21.5 Å². The molecule has 0 atom stereocenters. The van der Waals surface area contributed by atoms with Crippen LogP contribution in [0.4, 0.5) is 8.78 Å². The topological polar surface area (TPSA) is 21.1 Å². The maximum Gasteiger partial charge on any atom is 0.320 e. The SMILES string of the molecule is CN(Cc1ccccc1)Cc1nc2ccccc2n1C(F)F. The van der Waals surface area contributed by atoms with E-state index in [1.807, 2.05) is 48.3 Å². The molecule has 2 aromatic carbocycles. The number of rotatable bonds is 5. The van der Waals surface area contributed by atoms with E-state index >= 15 is 0 Å². The summed E-state index contributed by atoms with van der Waals surface area (Å²) in [4.78, 5) is 6.34. The van der Waals surface area contributed by atoms with Crippen molar-refractivity contribution in [2.24, 2.45) is 0 Å². The molecule has 0 unspecified atom stereocenters. The lowest BCUT2D eigenvalue weighted by molar-refractivity contribution is 0.0689. The van der Waals surface area contributed by atoms with Crippen molar-refractivity contribution >= 4 is 11.0 Å². The highest BCUT2D eigenvalue weighted by molar-refractivity contribution is 5.75. The summed E-state index contributed by atoms with van der Waals surface area (Å²) in [5.74, 6) is 0.384. The zero-order chi connectivity index (χ0) is 15.5. The van der Waals surface area contributed by atoms with Crippen LogP contribution < -0.4 is 0 Å². The Morgan fingerprint density at radius 2 is 1.68 bits per heavy atom. The van der Waals surface area contributed by atoms with Crippen molar-refractivity contribution in [3.63, 3.8) is 0 Å². The highest BCUT2D eigenvalue weighted by atomic mass is 19.3. The van der Waals surface area contributed by atoms with E-state index in [0.29, 0.717) is 29.9 Å². The van der Waals surface area contributed by atoms with Crippen LogP contribution in [0.15, 0.2) is 54.6 Å². The van der Waals surface area contributed by atoms with Gasteiger partial charge in [-0.05, 0) is 24.7 Å². The second-order valence-electron chi connectivity index (χ2n) is 5.32. The molecule has 0 bridgehead atoms. The third kappa shape index (κ3) is 2.99. The Hall–Kier alpha value is -2.27. The minimum Gasteiger partial charge on any atom is -0.295 e. The lowest BCUT2D eigenvalue weighted by Gasteiger charge is -2.17. The van der Waals surface area contributed by atoms with Crippen molar-refractivity contribution < 1.29 is 8.78 Å². The van der Waals surface area contributed by atoms with Crippen LogP contribution in [0.5, 0.6) is 0 Å². The van der Waals surface area contributed by atoms with Crippen LogP contribution >= 0.6 is 0 Å². The maximum atomic E-state index is 13.4. The molecule has 3 nitrogen and oxygen atoms in total. The Morgan fingerprint density at radius 3 is 2.41 bits per heavy atom. The van der Waals surface area contributed by atoms with E-state index in [0.717, 1.165) is 10.1 Å². The molecule has 0 amide bonds. The highest BCUT2D eigenvalue weighted by Crippen LogP contribution is 2.23. The van der Waals surface area contributed by atoms with E-state index in [1.54, 1.807) is 18.2 Å². The molecule has 0 saturated heterocycles. The lowest BCUT2D eigenvalue weighted by Crippen LogP contribution is -2.20. The van der Waals surface area contributed by atoms with E-state index in [-0.39, 0.29) is 0 Å². The average molecular weight is 301 g/mol. The minimum atomic E-state index is -2.59. The number of fused-ring (bicyclic) bond motifs is 1. The molecule has 1 heterocycles. The van der Waals surface area contributed by atoms with Gasteiger partial charge in [-0.25, -0.2) is 4.98 Å². The van der Waals surface area contributed by atoms with Gasteiger partial charge in [-0.15, -0.1) is 0 Å². The standard InChI is InChI=1S/C17H17F2N3/c1-21(11-13-7-3-2-4-8-13)12-16-20-14-9-5-6-10-15(14)22(16)17(18)19/h2-10,17H,11-12H2,1H3. The minimum absolute atomic E-state index is 0.369. The second-order valence-corrected chi connectivity index (χ2v) is 5.32. The van der Waals surface area contributed by atoms with Crippen LogP contribution in [0, 0.1) is 0 Å². The predicted molar refractivity (Wildman–Crippen MR) is 82.6 cm³/mol. The predicted octanol–water partition coefficient (Wildman–Crippen LogP) is 4.06. The molecule has 5 heteroatoms. The zero-order valence-corrected chi connectivity index (χ0v) is 12.3. The molecule has 0 aliphatic carbocycles. The van der Waals surface area contributed by atoms with Gasteiger partial charge in [-0.2, -0.15) is 8.78 Å². The van der Waals surface area contributed by atoms with Crippen LogP contribution in [0.3, 0.4) is 0 Å². The summed E-state index contributed by atoms with van der Waals surface area (Å²) in [6.07, 6.45) is 0. The summed E-state index contributed by atoms with van der Waals surface area (Å²) in [5, 5.41) is 0. The number of alkyl halides is 2. The fourth-order valence-corrected chi connectivity index (χ4v) is 2.62. The van der Waals surface area contributed by atoms with Gasteiger partial charge in [0.25, 0.3) is 0 Å². The molecular formula is C17H17F2N3. The molecule has 0 saturated carbocycles. The van der Waals surface area contributed by atoms with Gasteiger partial charge in [-0.1, -0.05) is 42.5 Å². The van der Waals surface area contributed by atoms with Gasteiger partial charge < -0.3 is 0 Å². The quantitative estimate of drug-likeness (QED) is 0.708. The lowest BCUT2D eigenvalue weighted by atomic mass is 10.2. The summed E-state index contributed by atoms with van der Waals surface area (Å²) in [7, 11) is 1.90. The fraction of sp³-hybridized carbons (Fsp3) is 0.235. The van der Waals surface area contributed by atoms with Crippen molar-refractivity contribution in [3.8, 4) is 0 Å². The van der Waals surface area contributed by atoms with Crippen molar-refractivity contribution in [3.05, 3.63) is 66.0 Å². The average Bonchev–Trinajstić information content (AvgIpc) is 2.85. The number of halogens is 2. The number of para-hydroxylation sites is 2. The first kappa shape index (κ1) is 14.7. The monoisotopic (exact) mass is 301 g/mol. The molecule has 0 aliphatic rings. The third-order valence-corrected chi connectivity index (χ3v) is 3.57. The van der Waals surface area contributed by atoms with Gasteiger partial charge >= 0.3 is 6.55 Å². The summed E-state index contributed by atoms with van der Waals surface area (Å²) in [6, 6.07) is 16.9. The van der Waals surface area contributed by atoms with Gasteiger partial charge in [-0.3, -0.25) is 9.47 Å². The maximum absolute atomic E-state index is 13.4. The number of benzene rings is 2.